The number of nitro benzene ring substituents is 1. The highest BCUT2D eigenvalue weighted by Gasteiger charge is 2.32. The fraction of sp³-hybridized carbons (Fsp3) is 0.600. The van der Waals surface area contributed by atoms with Gasteiger partial charge in [0, 0.05) is 38.3 Å². The Morgan fingerprint density at radius 2 is 2.00 bits per heavy atom. The van der Waals surface area contributed by atoms with Crippen LogP contribution in [0.15, 0.2) is 12.1 Å². The molecule has 1 aromatic rings. The van der Waals surface area contributed by atoms with Gasteiger partial charge in [0.25, 0.3) is 0 Å². The number of nitro groups is 1. The SMILES string of the molecule is O=[N+]([O-])c1cc([C@H](CC2CC2)N2CCNCC2)cc(O)c1O. The third-order valence-electron chi connectivity index (χ3n) is 4.52. The Balaban J connectivity index is 1.93. The molecule has 0 unspecified atom stereocenters. The lowest BCUT2D eigenvalue weighted by Crippen LogP contribution is -2.45. The Morgan fingerprint density at radius 1 is 1.32 bits per heavy atom. The van der Waals surface area contributed by atoms with Gasteiger partial charge in [-0.3, -0.25) is 15.0 Å². The van der Waals surface area contributed by atoms with Crippen molar-refractivity contribution in [2.45, 2.75) is 25.3 Å². The molecular weight excluding hydrogens is 286 g/mol. The monoisotopic (exact) mass is 307 g/mol. The summed E-state index contributed by atoms with van der Waals surface area (Å²) in [7, 11) is 0. The lowest BCUT2D eigenvalue weighted by molar-refractivity contribution is -0.386. The second-order valence-electron chi connectivity index (χ2n) is 6.15. The van der Waals surface area contributed by atoms with Crippen molar-refractivity contribution >= 4 is 5.69 Å². The summed E-state index contributed by atoms with van der Waals surface area (Å²) in [5, 5.41) is 33.9. The number of phenols is 2. The maximum Gasteiger partial charge on any atom is 0.314 e. The molecule has 7 heteroatoms. The van der Waals surface area contributed by atoms with E-state index in [1.54, 1.807) is 0 Å². The fourth-order valence-corrected chi connectivity index (χ4v) is 3.12. The zero-order valence-corrected chi connectivity index (χ0v) is 12.4. The van der Waals surface area contributed by atoms with Crippen LogP contribution in [0.25, 0.3) is 0 Å². The minimum atomic E-state index is -0.653. The molecule has 0 aromatic heterocycles. The third kappa shape index (κ3) is 3.15. The Kier molecular flexibility index (Phi) is 4.17. The molecule has 1 aliphatic heterocycles. The van der Waals surface area contributed by atoms with Crippen LogP contribution in [0, 0.1) is 16.0 Å². The van der Waals surface area contributed by atoms with Crippen molar-refractivity contribution in [3.05, 3.63) is 27.8 Å². The highest BCUT2D eigenvalue weighted by molar-refractivity contribution is 5.57. The van der Waals surface area contributed by atoms with Gasteiger partial charge >= 0.3 is 5.69 Å². The van der Waals surface area contributed by atoms with E-state index < -0.39 is 22.1 Å². The number of hydrogen-bond acceptors (Lipinski definition) is 6. The van der Waals surface area contributed by atoms with Crippen molar-refractivity contribution in [2.24, 2.45) is 5.92 Å². The van der Waals surface area contributed by atoms with Crippen molar-refractivity contribution in [1.29, 1.82) is 0 Å². The number of benzene rings is 1. The average molecular weight is 307 g/mol. The van der Waals surface area contributed by atoms with Crippen LogP contribution in [0.1, 0.15) is 30.9 Å². The Hall–Kier alpha value is -1.86. The molecule has 0 bridgehead atoms. The van der Waals surface area contributed by atoms with Crippen LogP contribution >= 0.6 is 0 Å². The van der Waals surface area contributed by atoms with Gasteiger partial charge in [0.15, 0.2) is 5.75 Å². The largest absolute Gasteiger partial charge is 0.504 e. The fourth-order valence-electron chi connectivity index (χ4n) is 3.12. The van der Waals surface area contributed by atoms with Crippen molar-refractivity contribution < 1.29 is 15.1 Å². The number of rotatable bonds is 5. The lowest BCUT2D eigenvalue weighted by Gasteiger charge is -2.35. The van der Waals surface area contributed by atoms with E-state index >= 15 is 0 Å². The first-order valence-corrected chi connectivity index (χ1v) is 7.71. The van der Waals surface area contributed by atoms with Gasteiger partial charge < -0.3 is 15.5 Å². The zero-order chi connectivity index (χ0) is 15.7. The van der Waals surface area contributed by atoms with Crippen molar-refractivity contribution in [3.8, 4) is 11.5 Å². The first kappa shape index (κ1) is 15.1. The van der Waals surface area contributed by atoms with E-state index in [9.17, 15) is 20.3 Å². The molecule has 0 spiro atoms. The normalized spacial score (nSPS) is 20.7. The molecule has 22 heavy (non-hydrogen) atoms. The summed E-state index contributed by atoms with van der Waals surface area (Å²) in [5.74, 6) is -0.408. The minimum Gasteiger partial charge on any atom is -0.504 e. The lowest BCUT2D eigenvalue weighted by atomic mass is 9.97. The van der Waals surface area contributed by atoms with E-state index in [1.165, 1.54) is 25.0 Å². The molecule has 1 saturated heterocycles. The maximum absolute atomic E-state index is 11.1. The molecule has 0 radical (unpaired) electrons. The number of nitrogens with one attached hydrogen (secondary N) is 1. The molecule has 2 aliphatic rings. The van der Waals surface area contributed by atoms with Gasteiger partial charge in [-0.2, -0.15) is 0 Å². The van der Waals surface area contributed by atoms with Crippen molar-refractivity contribution in [1.82, 2.24) is 10.2 Å². The molecule has 1 aromatic carbocycles. The molecular formula is C15H21N3O4. The van der Waals surface area contributed by atoms with E-state index in [4.69, 9.17) is 0 Å². The van der Waals surface area contributed by atoms with E-state index in [-0.39, 0.29) is 6.04 Å². The first-order chi connectivity index (χ1) is 10.6. The number of hydrogen-bond donors (Lipinski definition) is 3. The highest BCUT2D eigenvalue weighted by Crippen LogP contribution is 2.44. The van der Waals surface area contributed by atoms with Crippen LogP contribution in [0.4, 0.5) is 5.69 Å². The predicted octanol–water partition coefficient (Wildman–Crippen LogP) is 1.75. The molecule has 7 nitrogen and oxygen atoms in total. The predicted molar refractivity (Wildman–Crippen MR) is 81.0 cm³/mol. The summed E-state index contributed by atoms with van der Waals surface area (Å²) >= 11 is 0. The molecule has 1 saturated carbocycles. The molecule has 2 fully saturated rings. The highest BCUT2D eigenvalue weighted by atomic mass is 16.6. The average Bonchev–Trinajstić information content (AvgIpc) is 3.32. The minimum absolute atomic E-state index is 0.0554. The summed E-state index contributed by atoms with van der Waals surface area (Å²) in [6.07, 6.45) is 3.35. The zero-order valence-electron chi connectivity index (χ0n) is 12.4. The summed E-state index contributed by atoms with van der Waals surface area (Å²) in [5.41, 5.74) is 0.293. The summed E-state index contributed by atoms with van der Waals surface area (Å²) in [4.78, 5) is 12.7. The number of phenolic OH excluding ortho intramolecular Hbond substituents is 2. The number of aromatic hydroxyl groups is 2. The summed E-state index contributed by atoms with van der Waals surface area (Å²) in [6.45, 7) is 3.56. The van der Waals surface area contributed by atoms with Crippen LogP contribution in [0.2, 0.25) is 0 Å². The Morgan fingerprint density at radius 3 is 2.59 bits per heavy atom. The maximum atomic E-state index is 11.1. The Labute approximate surface area is 128 Å². The van der Waals surface area contributed by atoms with E-state index in [2.05, 4.69) is 10.2 Å². The van der Waals surface area contributed by atoms with E-state index in [0.29, 0.717) is 5.92 Å². The topological polar surface area (TPSA) is 98.9 Å². The van der Waals surface area contributed by atoms with Gasteiger partial charge in [0.05, 0.1) is 4.92 Å². The van der Waals surface area contributed by atoms with Gasteiger partial charge in [-0.1, -0.05) is 12.8 Å². The van der Waals surface area contributed by atoms with Crippen molar-refractivity contribution in [3.63, 3.8) is 0 Å². The van der Waals surface area contributed by atoms with Crippen LogP contribution in [0.3, 0.4) is 0 Å². The molecule has 120 valence electrons. The van der Waals surface area contributed by atoms with Gasteiger partial charge in [0.1, 0.15) is 0 Å². The summed E-state index contributed by atoms with van der Waals surface area (Å²) in [6, 6.07) is 2.93. The number of nitrogens with zero attached hydrogens (tertiary/aromatic N) is 2. The molecule has 1 atom stereocenters. The van der Waals surface area contributed by atoms with Crippen molar-refractivity contribution in [2.75, 3.05) is 26.2 Å². The molecule has 3 N–H and O–H groups in total. The van der Waals surface area contributed by atoms with Gasteiger partial charge in [-0.05, 0) is 24.0 Å². The van der Waals surface area contributed by atoms with E-state index in [0.717, 1.165) is 38.2 Å². The standard InChI is InChI=1S/C15H21N3O4/c19-14-9-11(8-13(15(14)20)18(21)22)12(7-10-1-2-10)17-5-3-16-4-6-17/h8-10,12,16,19-20H,1-7H2/t12-/m0/s1. The van der Waals surface area contributed by atoms with Gasteiger partial charge in [-0.25, -0.2) is 0 Å². The van der Waals surface area contributed by atoms with Crippen LogP contribution in [-0.4, -0.2) is 46.2 Å². The van der Waals surface area contributed by atoms with Crippen LogP contribution in [0.5, 0.6) is 11.5 Å². The van der Waals surface area contributed by atoms with Gasteiger partial charge in [-0.15, -0.1) is 0 Å². The molecule has 1 aliphatic carbocycles. The quantitative estimate of drug-likeness (QED) is 0.435. The van der Waals surface area contributed by atoms with Gasteiger partial charge in [0.2, 0.25) is 5.75 Å². The number of piperazine rings is 1. The van der Waals surface area contributed by atoms with Crippen LogP contribution in [-0.2, 0) is 0 Å². The third-order valence-corrected chi connectivity index (χ3v) is 4.52. The molecule has 1 heterocycles. The van der Waals surface area contributed by atoms with E-state index in [1.807, 2.05) is 0 Å². The second kappa shape index (κ2) is 6.10. The molecule has 0 amide bonds. The smallest absolute Gasteiger partial charge is 0.314 e. The summed E-state index contributed by atoms with van der Waals surface area (Å²) < 4.78 is 0. The molecule has 3 rings (SSSR count). The second-order valence-corrected chi connectivity index (χ2v) is 6.15. The van der Waals surface area contributed by atoms with Crippen LogP contribution < -0.4 is 5.32 Å². The Bertz CT molecular complexity index is 568. The first-order valence-electron chi connectivity index (χ1n) is 7.71.